The molecule has 1 N–H and O–H groups in total. The molecule has 0 radical (unpaired) electrons. The SMILES string of the molecule is CC(=O)S.c1c[nH]nn1. The molecule has 9 heavy (non-hydrogen) atoms. The van der Waals surface area contributed by atoms with Crippen molar-refractivity contribution >= 4 is 17.7 Å². The van der Waals surface area contributed by atoms with Gasteiger partial charge in [0, 0.05) is 13.1 Å². The highest BCUT2D eigenvalue weighted by Gasteiger charge is 1.63. The highest BCUT2D eigenvalue weighted by Crippen LogP contribution is 1.66. The van der Waals surface area contributed by atoms with E-state index in [0.29, 0.717) is 0 Å². The molecule has 0 aliphatic carbocycles. The molecule has 5 heteroatoms. The second-order valence-electron chi connectivity index (χ2n) is 1.18. The van der Waals surface area contributed by atoms with Crippen molar-refractivity contribution in [2.24, 2.45) is 0 Å². The number of carbonyl (C=O) groups is 1. The van der Waals surface area contributed by atoms with Gasteiger partial charge in [-0.15, -0.1) is 17.7 Å². The van der Waals surface area contributed by atoms with Crippen LogP contribution in [0.25, 0.3) is 0 Å². The van der Waals surface area contributed by atoms with Crippen LogP contribution in [0.1, 0.15) is 6.92 Å². The number of rotatable bonds is 0. The first kappa shape index (κ1) is 8.16. The van der Waals surface area contributed by atoms with E-state index in [2.05, 4.69) is 28.0 Å². The topological polar surface area (TPSA) is 58.6 Å². The van der Waals surface area contributed by atoms with Crippen LogP contribution < -0.4 is 0 Å². The Labute approximate surface area is 58.1 Å². The zero-order chi connectivity index (χ0) is 7.11. The lowest BCUT2D eigenvalue weighted by Gasteiger charge is -1.55. The Morgan fingerprint density at radius 3 is 2.44 bits per heavy atom. The van der Waals surface area contributed by atoms with E-state index in [0.717, 1.165) is 0 Å². The van der Waals surface area contributed by atoms with E-state index in [9.17, 15) is 4.79 Å². The second kappa shape index (κ2) is 5.30. The first-order chi connectivity index (χ1) is 4.23. The van der Waals surface area contributed by atoms with E-state index in [4.69, 9.17) is 0 Å². The van der Waals surface area contributed by atoms with E-state index in [1.807, 2.05) is 0 Å². The average Bonchev–Trinajstić information content (AvgIpc) is 2.11. The zero-order valence-electron chi connectivity index (χ0n) is 4.90. The number of H-pyrrole nitrogens is 1. The summed E-state index contributed by atoms with van der Waals surface area (Å²) in [6.07, 6.45) is 3.24. The highest BCUT2D eigenvalue weighted by atomic mass is 32.1. The summed E-state index contributed by atoms with van der Waals surface area (Å²) in [5, 5.41) is 9.12. The Morgan fingerprint density at radius 1 is 1.78 bits per heavy atom. The lowest BCUT2D eigenvalue weighted by molar-refractivity contribution is -0.108. The van der Waals surface area contributed by atoms with Gasteiger partial charge in [-0.25, -0.2) is 0 Å². The zero-order valence-corrected chi connectivity index (χ0v) is 5.80. The van der Waals surface area contributed by atoms with Crippen LogP contribution in [0.3, 0.4) is 0 Å². The summed E-state index contributed by atoms with van der Waals surface area (Å²) in [7, 11) is 0. The van der Waals surface area contributed by atoms with Gasteiger partial charge in [0.05, 0.1) is 6.20 Å². The molecule has 0 aliphatic heterocycles. The van der Waals surface area contributed by atoms with Gasteiger partial charge in [-0.05, 0) is 0 Å². The molecule has 0 aliphatic rings. The minimum atomic E-state index is -0.139. The molecule has 0 amide bonds. The van der Waals surface area contributed by atoms with Crippen LogP contribution in [-0.4, -0.2) is 20.5 Å². The number of hydrogen-bond donors (Lipinski definition) is 2. The summed E-state index contributed by atoms with van der Waals surface area (Å²) in [5.41, 5.74) is 0. The van der Waals surface area contributed by atoms with Crippen molar-refractivity contribution in [2.75, 3.05) is 0 Å². The molecule has 4 nitrogen and oxygen atoms in total. The third-order valence-corrected chi connectivity index (χ3v) is 0.331. The number of carbonyl (C=O) groups excluding carboxylic acids is 1. The molecule has 1 rings (SSSR count). The van der Waals surface area contributed by atoms with Crippen LogP contribution in [0.15, 0.2) is 12.4 Å². The van der Waals surface area contributed by atoms with Gasteiger partial charge in [-0.1, -0.05) is 5.21 Å². The smallest absolute Gasteiger partial charge is 0.182 e. The van der Waals surface area contributed by atoms with Gasteiger partial charge >= 0.3 is 0 Å². The van der Waals surface area contributed by atoms with Crippen molar-refractivity contribution in [1.82, 2.24) is 15.4 Å². The lowest BCUT2D eigenvalue weighted by Crippen LogP contribution is -1.62. The van der Waals surface area contributed by atoms with Crippen molar-refractivity contribution in [1.29, 1.82) is 0 Å². The Morgan fingerprint density at radius 2 is 2.33 bits per heavy atom. The predicted octanol–water partition coefficient (Wildman–Crippen LogP) is 0.267. The van der Waals surface area contributed by atoms with Gasteiger partial charge in [0.1, 0.15) is 0 Å². The van der Waals surface area contributed by atoms with Gasteiger partial charge in [0.25, 0.3) is 0 Å². The molecule has 0 atom stereocenters. The van der Waals surface area contributed by atoms with Gasteiger partial charge < -0.3 is 0 Å². The molecule has 1 heterocycles. The van der Waals surface area contributed by atoms with Crippen molar-refractivity contribution in [3.8, 4) is 0 Å². The largest absolute Gasteiger partial charge is 0.288 e. The normalized spacial score (nSPS) is 7.33. The predicted molar refractivity (Wildman–Crippen MR) is 36.0 cm³/mol. The molecule has 50 valence electrons. The maximum absolute atomic E-state index is 9.31. The Balaban J connectivity index is 0.000000148. The maximum Gasteiger partial charge on any atom is 0.182 e. The fraction of sp³-hybridized carbons (Fsp3) is 0.250. The first-order valence-corrected chi connectivity index (χ1v) is 2.68. The van der Waals surface area contributed by atoms with Crippen LogP contribution in [0.4, 0.5) is 0 Å². The van der Waals surface area contributed by atoms with E-state index >= 15 is 0 Å². The van der Waals surface area contributed by atoms with Crippen LogP contribution in [0.5, 0.6) is 0 Å². The second-order valence-corrected chi connectivity index (χ2v) is 1.81. The molecule has 0 spiro atoms. The maximum atomic E-state index is 9.31. The van der Waals surface area contributed by atoms with Gasteiger partial charge in [-0.2, -0.15) is 0 Å². The molecular formula is C4H7N3OS. The van der Waals surface area contributed by atoms with E-state index in [1.54, 1.807) is 12.4 Å². The quantitative estimate of drug-likeness (QED) is 0.515. The summed E-state index contributed by atoms with van der Waals surface area (Å²) in [6, 6.07) is 0. The van der Waals surface area contributed by atoms with E-state index in [-0.39, 0.29) is 5.12 Å². The number of hydrogen-bond acceptors (Lipinski definition) is 3. The van der Waals surface area contributed by atoms with Crippen molar-refractivity contribution < 1.29 is 4.79 Å². The third kappa shape index (κ3) is 11.0. The number of thiol groups is 1. The number of nitrogens with one attached hydrogen (secondary N) is 1. The van der Waals surface area contributed by atoms with Crippen LogP contribution >= 0.6 is 12.6 Å². The van der Waals surface area contributed by atoms with Gasteiger partial charge in [0.2, 0.25) is 0 Å². The summed E-state index contributed by atoms with van der Waals surface area (Å²) in [6.45, 7) is 1.39. The fourth-order valence-electron chi connectivity index (χ4n) is 0.167. The van der Waals surface area contributed by atoms with Crippen LogP contribution in [-0.2, 0) is 4.79 Å². The van der Waals surface area contributed by atoms with E-state index < -0.39 is 0 Å². The van der Waals surface area contributed by atoms with Crippen molar-refractivity contribution in [3.63, 3.8) is 0 Å². The summed E-state index contributed by atoms with van der Waals surface area (Å²) in [5.74, 6) is 0. The molecule has 1 aromatic heterocycles. The number of aromatic nitrogens is 3. The fourth-order valence-corrected chi connectivity index (χ4v) is 0.167. The highest BCUT2D eigenvalue weighted by molar-refractivity contribution is 7.96. The molecule has 0 bridgehead atoms. The number of aromatic amines is 1. The minimum Gasteiger partial charge on any atom is -0.288 e. The standard InChI is InChI=1S/C2H3N3.C2H4OS/c1-2-4-5-3-1;1-2(3)4/h1-2H,(H,3,4,5);1H3,(H,3,4). The molecular weight excluding hydrogens is 138 g/mol. The van der Waals surface area contributed by atoms with Crippen molar-refractivity contribution in [2.45, 2.75) is 6.92 Å². The molecule has 0 aromatic carbocycles. The van der Waals surface area contributed by atoms with Gasteiger partial charge in [0.15, 0.2) is 5.12 Å². The van der Waals surface area contributed by atoms with E-state index in [1.165, 1.54) is 6.92 Å². The molecule has 0 saturated carbocycles. The Kier molecular flexibility index (Phi) is 4.81. The first-order valence-electron chi connectivity index (χ1n) is 2.23. The summed E-state index contributed by atoms with van der Waals surface area (Å²) < 4.78 is 0. The van der Waals surface area contributed by atoms with Crippen LogP contribution in [0, 0.1) is 0 Å². The molecule has 0 saturated heterocycles. The molecule has 0 unspecified atom stereocenters. The molecule has 1 aromatic rings. The summed E-state index contributed by atoms with van der Waals surface area (Å²) >= 11 is 3.33. The lowest BCUT2D eigenvalue weighted by atomic mass is 10.9. The minimum absolute atomic E-state index is 0.139. The molecule has 0 fully saturated rings. The van der Waals surface area contributed by atoms with Gasteiger partial charge in [-0.3, -0.25) is 9.89 Å². The third-order valence-electron chi connectivity index (χ3n) is 0.331. The van der Waals surface area contributed by atoms with Crippen molar-refractivity contribution in [3.05, 3.63) is 12.4 Å². The van der Waals surface area contributed by atoms with Crippen LogP contribution in [0.2, 0.25) is 0 Å². The average molecular weight is 145 g/mol. The Hall–Kier alpha value is -0.840. The monoisotopic (exact) mass is 145 g/mol. The Bertz CT molecular complexity index is 130. The summed E-state index contributed by atoms with van der Waals surface area (Å²) in [4.78, 5) is 9.31. The number of nitrogens with zero attached hydrogens (tertiary/aromatic N) is 2.